The summed E-state index contributed by atoms with van der Waals surface area (Å²) in [6, 6.07) is 157. The molecule has 2 aliphatic rings. The predicted molar refractivity (Wildman–Crippen MR) is 570 cm³/mol. The van der Waals surface area contributed by atoms with E-state index >= 15 is 0 Å². The Morgan fingerprint density at radius 2 is 0.581 bits per heavy atom. The molecule has 0 N–H and O–H groups in total. The van der Waals surface area contributed by atoms with Crippen molar-refractivity contribution in [1.29, 1.82) is 0 Å². The lowest BCUT2D eigenvalue weighted by Gasteiger charge is -2.12. The summed E-state index contributed by atoms with van der Waals surface area (Å²) in [6.45, 7) is 0. The Balaban J connectivity index is 0.0000000982. The fourth-order valence-corrected chi connectivity index (χ4v) is 21.1. The molecule has 0 atom stereocenters. The van der Waals surface area contributed by atoms with Crippen LogP contribution >= 0.6 is 34.8 Å². The Morgan fingerprint density at radius 3 is 1.17 bits per heavy atom. The lowest BCUT2D eigenvalue weighted by molar-refractivity contribution is 1.01. The average molecular weight is 1800 g/mol. The van der Waals surface area contributed by atoms with Crippen molar-refractivity contribution >= 4 is 187 Å². The first kappa shape index (κ1) is 81.2. The number of rotatable bonds is 6. The van der Waals surface area contributed by atoms with Crippen molar-refractivity contribution in [3.63, 3.8) is 0 Å². The van der Waals surface area contributed by atoms with Crippen LogP contribution in [0.2, 0.25) is 15.3 Å². The molecule has 12 heteroatoms. The number of fused-ring (bicyclic) bond motifs is 25. The summed E-state index contributed by atoms with van der Waals surface area (Å²) >= 11 is 18.5. The van der Waals surface area contributed by atoms with Gasteiger partial charge in [-0.3, -0.25) is 9.13 Å². The molecule has 27 aromatic rings. The smallest absolute Gasteiger partial charge is 0.235 e. The van der Waals surface area contributed by atoms with Gasteiger partial charge in [0.1, 0.15) is 0 Å². The maximum absolute atomic E-state index is 6.44. The number of para-hydroxylation sites is 4. The summed E-state index contributed by atoms with van der Waals surface area (Å²) in [5.41, 5.74) is 27.6. The zero-order valence-electron chi connectivity index (χ0n) is 73.3. The minimum atomic E-state index is 0.280. The summed E-state index contributed by atoms with van der Waals surface area (Å²) in [5.74, 6) is 1.31. The molecule has 0 saturated heterocycles. The van der Waals surface area contributed by atoms with E-state index in [1.807, 2.05) is 115 Å². The Hall–Kier alpha value is -16.8. The third kappa shape index (κ3) is 14.5. The van der Waals surface area contributed by atoms with E-state index in [0.717, 1.165) is 128 Å². The third-order valence-electron chi connectivity index (χ3n) is 26.7. The highest BCUT2D eigenvalue weighted by Crippen LogP contribution is 2.46. The molecule has 6 aromatic heterocycles. The van der Waals surface area contributed by atoms with Gasteiger partial charge in [-0.25, -0.2) is 29.9 Å². The van der Waals surface area contributed by atoms with E-state index in [1.165, 1.54) is 126 Å². The number of hydrogen-bond acceptors (Lipinski definition) is 6. The highest BCUT2D eigenvalue weighted by Gasteiger charge is 2.26. The number of hydrogen-bond donors (Lipinski definition) is 0. The summed E-state index contributed by atoms with van der Waals surface area (Å²) in [7, 11) is 0. The molecule has 29 rings (SSSR count). The van der Waals surface area contributed by atoms with Gasteiger partial charge in [-0.1, -0.05) is 363 Å². The van der Waals surface area contributed by atoms with Crippen LogP contribution < -0.4 is 0 Å². The molecule has 0 aliphatic heterocycles. The fourth-order valence-electron chi connectivity index (χ4n) is 20.5. The van der Waals surface area contributed by atoms with Crippen LogP contribution in [0.15, 0.2) is 449 Å². The van der Waals surface area contributed by atoms with E-state index in [4.69, 9.17) is 54.7 Å². The fraction of sp³-hybridized carbons (Fsp3) is 0.0161. The van der Waals surface area contributed by atoms with Crippen LogP contribution in [-0.4, -0.2) is 43.6 Å². The van der Waals surface area contributed by atoms with Crippen LogP contribution in [0.4, 0.5) is 0 Å². The Morgan fingerprint density at radius 1 is 0.199 bits per heavy atom. The minimum Gasteiger partial charge on any atom is -0.309 e. The van der Waals surface area contributed by atoms with Crippen molar-refractivity contribution in [2.45, 2.75) is 12.8 Å². The van der Waals surface area contributed by atoms with Gasteiger partial charge in [0.15, 0.2) is 0 Å². The largest absolute Gasteiger partial charge is 0.309 e. The second kappa shape index (κ2) is 34.1. The molecule has 0 saturated carbocycles. The Kier molecular flexibility index (Phi) is 20.4. The maximum atomic E-state index is 6.44. The Labute approximate surface area is 797 Å². The zero-order valence-corrected chi connectivity index (χ0v) is 75.6. The van der Waals surface area contributed by atoms with Crippen LogP contribution in [0.3, 0.4) is 0 Å². The number of nitrogens with zero attached hydrogens (tertiary/aromatic N) is 9. The molecule has 0 spiro atoms. The highest BCUT2D eigenvalue weighted by molar-refractivity contribution is 6.32. The lowest BCUT2D eigenvalue weighted by atomic mass is 9.98. The maximum Gasteiger partial charge on any atom is 0.235 e. The predicted octanol–water partition coefficient (Wildman–Crippen LogP) is 33.4. The van der Waals surface area contributed by atoms with Crippen molar-refractivity contribution in [2.75, 3.05) is 0 Å². The molecule has 0 bridgehead atoms. The van der Waals surface area contributed by atoms with Gasteiger partial charge in [-0.2, -0.15) is 0 Å². The minimum absolute atomic E-state index is 0.280. The second-order valence-corrected chi connectivity index (χ2v) is 35.9. The van der Waals surface area contributed by atoms with E-state index in [2.05, 4.69) is 357 Å². The van der Waals surface area contributed by atoms with Crippen LogP contribution in [0, 0.1) is 0 Å². The van der Waals surface area contributed by atoms with Crippen molar-refractivity contribution in [2.24, 2.45) is 0 Å². The molecular weight excluding hydrogens is 1720 g/mol. The summed E-state index contributed by atoms with van der Waals surface area (Å²) in [4.78, 5) is 29.2. The van der Waals surface area contributed by atoms with Crippen LogP contribution in [0.5, 0.6) is 0 Å². The second-order valence-electron chi connectivity index (χ2n) is 34.7. The van der Waals surface area contributed by atoms with Gasteiger partial charge in [0.25, 0.3) is 0 Å². The number of aromatic nitrogens is 9. The quantitative estimate of drug-likeness (QED) is 0.154. The van der Waals surface area contributed by atoms with E-state index < -0.39 is 0 Å². The van der Waals surface area contributed by atoms with Crippen molar-refractivity contribution in [3.8, 4) is 73.6 Å². The normalized spacial score (nSPS) is 11.9. The van der Waals surface area contributed by atoms with E-state index in [0.29, 0.717) is 16.9 Å². The highest BCUT2D eigenvalue weighted by atomic mass is 35.5. The first-order valence-electron chi connectivity index (χ1n) is 45.7. The SMILES string of the molecule is Clc1ccc2c(c1)-c1cc3ccccc3cc1C2.Clc1ccc2c(c1)c1cc3ccccc3cc1n2-c1nc(-c2ccccc2)c2ccccc2n1.Clc1nc(-c2ccccc2)c2ccccc2n1.c1ccc(-c2nc(-n3c4ccc(-n5c6ccccc6c6c7ccccc7ccc65)cc4c4cc5ccccc5cc43)nc3ccccc23)cc1.c1ccc2c(c1)Cc1ccc3ccccc3c1-2. The summed E-state index contributed by atoms with van der Waals surface area (Å²) < 4.78 is 6.83. The van der Waals surface area contributed by atoms with Crippen LogP contribution in [0.1, 0.15) is 22.3 Å². The zero-order chi connectivity index (χ0) is 90.4. The third-order valence-corrected chi connectivity index (χ3v) is 27.4. The lowest BCUT2D eigenvalue weighted by Crippen LogP contribution is -2.03. The first-order chi connectivity index (χ1) is 67.1. The number of benzene rings is 21. The molecule has 0 unspecified atom stereocenters. The molecule has 6 heterocycles. The van der Waals surface area contributed by atoms with Crippen LogP contribution in [0.25, 0.3) is 226 Å². The standard InChI is InChI=1S/C46H28N4.C30H18ClN3.C17H11Cl.C17H12.C14H9ClN2/c1-2-13-30(14-3-1)45-35-18-8-10-20-39(35)47-46(48-45)50-41-25-23-33(28-38(41)37-26-31-15-4-5-16-32(31)27-43(37)50)49-40-21-11-9-19-36(40)44-34-17-7-6-12-29(34)22-24-42(44)49;31-22-14-15-27-25(18-22)24-16-20-10-4-5-11-21(20)17-28(24)34(27)30-32-26-13-7-6-12-23(26)29(33-30)19-8-2-1-3-9-19;18-15-6-5-13-8-14-7-11-3-1-2-4-12(11)9-16(14)17(13)10-15;1-3-7-15-12(5-1)9-10-14-11-13-6-2-4-8-16(13)17(14)15;15-14-16-12-9-5-4-8-11(12)13(17-14)10-6-2-1-3-7-10/h1-28H;1-18H;1-7,9-10H,8H2;1-10H,11H2;1-9H. The van der Waals surface area contributed by atoms with Gasteiger partial charge in [0.05, 0.1) is 66.7 Å². The van der Waals surface area contributed by atoms with Crippen molar-refractivity contribution in [1.82, 2.24) is 43.6 Å². The molecule has 9 nitrogen and oxygen atoms in total. The molecular formula is C124H78Cl3N9. The van der Waals surface area contributed by atoms with Gasteiger partial charge < -0.3 is 4.57 Å². The van der Waals surface area contributed by atoms with Gasteiger partial charge in [0, 0.05) is 80.9 Å². The molecule has 0 radical (unpaired) electrons. The van der Waals surface area contributed by atoms with Gasteiger partial charge in [-0.15, -0.1) is 0 Å². The number of halogens is 3. The molecule has 136 heavy (non-hydrogen) atoms. The summed E-state index contributed by atoms with van der Waals surface area (Å²) in [6.07, 6.45) is 2.10. The van der Waals surface area contributed by atoms with Gasteiger partial charge in [0.2, 0.25) is 17.2 Å². The molecule has 0 amide bonds. The van der Waals surface area contributed by atoms with Crippen molar-refractivity contribution in [3.05, 3.63) is 486 Å². The monoisotopic (exact) mass is 1800 g/mol. The van der Waals surface area contributed by atoms with Gasteiger partial charge in [-0.05, 0) is 232 Å². The van der Waals surface area contributed by atoms with E-state index in [-0.39, 0.29) is 5.28 Å². The first-order valence-corrected chi connectivity index (χ1v) is 46.8. The molecule has 21 aromatic carbocycles. The Bertz CT molecular complexity index is 9500. The summed E-state index contributed by atoms with van der Waals surface area (Å²) in [5, 5.41) is 24.6. The molecule has 0 fully saturated rings. The molecule has 2 aliphatic carbocycles. The molecule has 640 valence electrons. The van der Waals surface area contributed by atoms with Crippen molar-refractivity contribution < 1.29 is 0 Å². The van der Waals surface area contributed by atoms with E-state index in [9.17, 15) is 0 Å². The van der Waals surface area contributed by atoms with E-state index in [1.54, 1.807) is 0 Å². The average Bonchev–Trinajstić information content (AvgIpc) is 1.55. The topological polar surface area (TPSA) is 92.1 Å². The van der Waals surface area contributed by atoms with Crippen LogP contribution in [-0.2, 0) is 12.8 Å². The van der Waals surface area contributed by atoms with Gasteiger partial charge >= 0.3 is 0 Å².